The molecule has 5 nitrogen and oxygen atoms in total. The molecule has 0 saturated carbocycles. The van der Waals surface area contributed by atoms with Crippen LogP contribution in [0.1, 0.15) is 27.9 Å². The largest absolute Gasteiger partial charge is 0.489 e. The van der Waals surface area contributed by atoms with Gasteiger partial charge in [-0.25, -0.2) is 4.39 Å². The average molecular weight is 402 g/mol. The predicted octanol–water partition coefficient (Wildman–Crippen LogP) is 3.59. The molecule has 1 aromatic heterocycles. The molecule has 0 spiro atoms. The van der Waals surface area contributed by atoms with E-state index in [-0.39, 0.29) is 11.8 Å². The van der Waals surface area contributed by atoms with E-state index < -0.39 is 11.7 Å². The fourth-order valence-corrected chi connectivity index (χ4v) is 3.92. The molecule has 0 bridgehead atoms. The van der Waals surface area contributed by atoms with Crippen molar-refractivity contribution < 1.29 is 13.9 Å². The van der Waals surface area contributed by atoms with E-state index in [0.29, 0.717) is 24.2 Å². The Kier molecular flexibility index (Phi) is 5.24. The average Bonchev–Trinajstić information content (AvgIpc) is 3.07. The van der Waals surface area contributed by atoms with Crippen LogP contribution in [0.2, 0.25) is 5.02 Å². The number of carbonyl (C=O) groups excluding carboxylic acids is 1. The van der Waals surface area contributed by atoms with Gasteiger partial charge >= 0.3 is 0 Å². The Morgan fingerprint density at radius 1 is 1.36 bits per heavy atom. The van der Waals surface area contributed by atoms with Gasteiger partial charge in [-0.05, 0) is 61.7 Å². The van der Waals surface area contributed by atoms with Crippen LogP contribution in [0, 0.1) is 5.82 Å². The van der Waals surface area contributed by atoms with Gasteiger partial charge in [-0.3, -0.25) is 4.79 Å². The second-order valence-electron chi connectivity index (χ2n) is 7.04. The summed E-state index contributed by atoms with van der Waals surface area (Å²) >= 11 is 6.10. The van der Waals surface area contributed by atoms with Crippen LogP contribution < -0.4 is 15.8 Å². The van der Waals surface area contributed by atoms with E-state index in [0.717, 1.165) is 35.3 Å². The molecule has 0 radical (unpaired) electrons. The summed E-state index contributed by atoms with van der Waals surface area (Å²) in [6.07, 6.45) is 4.35. The SMILES string of the molecule is NC(=O)c1ccc(F)c2c1CC(NCCCc1c[nH]c3ccc(Cl)cc13)CO2. The summed E-state index contributed by atoms with van der Waals surface area (Å²) in [6, 6.07) is 8.47. The lowest BCUT2D eigenvalue weighted by Gasteiger charge is -2.27. The van der Waals surface area contributed by atoms with E-state index in [1.165, 1.54) is 17.7 Å². The summed E-state index contributed by atoms with van der Waals surface area (Å²) in [5.74, 6) is -0.889. The Balaban J connectivity index is 1.36. The summed E-state index contributed by atoms with van der Waals surface area (Å²) in [4.78, 5) is 14.9. The molecule has 3 aromatic rings. The van der Waals surface area contributed by atoms with Crippen LogP contribution in [-0.2, 0) is 12.8 Å². The third kappa shape index (κ3) is 3.70. The number of nitrogens with one attached hydrogen (secondary N) is 2. The van der Waals surface area contributed by atoms with Crippen LogP contribution >= 0.6 is 11.6 Å². The molecule has 2 aromatic carbocycles. The number of aryl methyl sites for hydroxylation is 1. The van der Waals surface area contributed by atoms with Crippen LogP contribution in [-0.4, -0.2) is 30.1 Å². The molecule has 1 atom stereocenters. The number of fused-ring (bicyclic) bond motifs is 2. The number of benzene rings is 2. The summed E-state index contributed by atoms with van der Waals surface area (Å²) in [5.41, 5.74) is 8.58. The Morgan fingerprint density at radius 3 is 3.04 bits per heavy atom. The number of ether oxygens (including phenoxy) is 1. The number of aromatic amines is 1. The number of halogens is 2. The van der Waals surface area contributed by atoms with E-state index in [1.54, 1.807) is 0 Å². The minimum Gasteiger partial charge on any atom is -0.489 e. The Bertz CT molecular complexity index is 1030. The minimum atomic E-state index is -0.571. The zero-order valence-corrected chi connectivity index (χ0v) is 16.0. The molecule has 1 aliphatic heterocycles. The van der Waals surface area contributed by atoms with Gasteiger partial charge in [-0.2, -0.15) is 0 Å². The second-order valence-corrected chi connectivity index (χ2v) is 7.48. The third-order valence-electron chi connectivity index (χ3n) is 5.14. The lowest BCUT2D eigenvalue weighted by molar-refractivity contribution is 0.0997. The van der Waals surface area contributed by atoms with Crippen molar-refractivity contribution in [2.45, 2.75) is 25.3 Å². The second kappa shape index (κ2) is 7.81. The number of H-pyrrole nitrogens is 1. The van der Waals surface area contributed by atoms with Crippen LogP contribution in [0.4, 0.5) is 4.39 Å². The Labute approximate surface area is 167 Å². The molecule has 0 aliphatic carbocycles. The highest BCUT2D eigenvalue weighted by Crippen LogP contribution is 2.31. The number of rotatable bonds is 6. The van der Waals surface area contributed by atoms with E-state index >= 15 is 0 Å². The molecule has 7 heteroatoms. The van der Waals surface area contributed by atoms with Gasteiger partial charge in [0.2, 0.25) is 5.91 Å². The minimum absolute atomic E-state index is 0.00446. The fourth-order valence-electron chi connectivity index (χ4n) is 3.75. The Hall–Kier alpha value is -2.57. The quantitative estimate of drug-likeness (QED) is 0.552. The smallest absolute Gasteiger partial charge is 0.249 e. The predicted molar refractivity (Wildman–Crippen MR) is 108 cm³/mol. The zero-order chi connectivity index (χ0) is 19.7. The van der Waals surface area contributed by atoms with Crippen molar-refractivity contribution in [2.75, 3.05) is 13.2 Å². The fraction of sp³-hybridized carbons (Fsp3) is 0.286. The van der Waals surface area contributed by atoms with Crippen molar-refractivity contribution in [1.82, 2.24) is 10.3 Å². The van der Waals surface area contributed by atoms with Gasteiger partial charge in [0.05, 0.1) is 0 Å². The molecule has 0 fully saturated rings. The number of amides is 1. The van der Waals surface area contributed by atoms with Crippen molar-refractivity contribution in [2.24, 2.45) is 5.73 Å². The van der Waals surface area contributed by atoms with Crippen molar-refractivity contribution in [3.63, 3.8) is 0 Å². The standard InChI is InChI=1S/C21H21ClFN3O2/c22-13-3-6-19-16(8-13)12(10-26-19)2-1-7-25-14-9-17-15(21(24)27)4-5-18(23)20(17)28-11-14/h3-6,8,10,14,25-26H,1-2,7,9,11H2,(H2,24,27). The highest BCUT2D eigenvalue weighted by molar-refractivity contribution is 6.31. The third-order valence-corrected chi connectivity index (χ3v) is 5.38. The van der Waals surface area contributed by atoms with Crippen LogP contribution in [0.5, 0.6) is 5.75 Å². The first-order valence-corrected chi connectivity index (χ1v) is 9.63. The van der Waals surface area contributed by atoms with Gasteiger partial charge in [0, 0.05) is 39.3 Å². The molecule has 1 unspecified atom stereocenters. The highest BCUT2D eigenvalue weighted by atomic mass is 35.5. The molecule has 4 rings (SSSR count). The number of nitrogens with two attached hydrogens (primary N) is 1. The first-order chi connectivity index (χ1) is 13.5. The van der Waals surface area contributed by atoms with Gasteiger partial charge in [-0.1, -0.05) is 11.6 Å². The molecule has 0 saturated heterocycles. The zero-order valence-electron chi connectivity index (χ0n) is 15.2. The summed E-state index contributed by atoms with van der Waals surface area (Å²) < 4.78 is 19.5. The van der Waals surface area contributed by atoms with E-state index in [1.807, 2.05) is 24.4 Å². The molecule has 1 aliphatic rings. The maximum Gasteiger partial charge on any atom is 0.249 e. The number of carbonyl (C=O) groups is 1. The van der Waals surface area contributed by atoms with Gasteiger partial charge in [0.1, 0.15) is 6.61 Å². The van der Waals surface area contributed by atoms with Gasteiger partial charge < -0.3 is 20.8 Å². The summed E-state index contributed by atoms with van der Waals surface area (Å²) in [6.45, 7) is 1.13. The number of primary amides is 1. The number of hydrogen-bond acceptors (Lipinski definition) is 3. The monoisotopic (exact) mass is 401 g/mol. The maximum atomic E-state index is 14.0. The van der Waals surface area contributed by atoms with Gasteiger partial charge in [0.25, 0.3) is 0 Å². The van der Waals surface area contributed by atoms with Crippen LogP contribution in [0.25, 0.3) is 10.9 Å². The van der Waals surface area contributed by atoms with E-state index in [2.05, 4.69) is 10.3 Å². The van der Waals surface area contributed by atoms with Gasteiger partial charge in [-0.15, -0.1) is 0 Å². The Morgan fingerprint density at radius 2 is 2.21 bits per heavy atom. The van der Waals surface area contributed by atoms with E-state index in [4.69, 9.17) is 22.1 Å². The number of hydrogen-bond donors (Lipinski definition) is 3. The first kappa shape index (κ1) is 18.8. The lowest BCUT2D eigenvalue weighted by Crippen LogP contribution is -2.40. The highest BCUT2D eigenvalue weighted by Gasteiger charge is 2.26. The molecule has 146 valence electrons. The summed E-state index contributed by atoms with van der Waals surface area (Å²) in [7, 11) is 0. The lowest BCUT2D eigenvalue weighted by atomic mass is 9.96. The topological polar surface area (TPSA) is 80.1 Å². The molecular formula is C21H21ClFN3O2. The van der Waals surface area contributed by atoms with Crippen molar-refractivity contribution in [1.29, 1.82) is 0 Å². The first-order valence-electron chi connectivity index (χ1n) is 9.26. The van der Waals surface area contributed by atoms with Crippen LogP contribution in [0.15, 0.2) is 36.5 Å². The normalized spacial score (nSPS) is 16.0. The molecule has 28 heavy (non-hydrogen) atoms. The summed E-state index contributed by atoms with van der Waals surface area (Å²) in [5, 5.41) is 5.30. The molecular weight excluding hydrogens is 381 g/mol. The van der Waals surface area contributed by atoms with Crippen molar-refractivity contribution in [3.05, 3.63) is 64.1 Å². The van der Waals surface area contributed by atoms with Crippen molar-refractivity contribution >= 4 is 28.4 Å². The van der Waals surface area contributed by atoms with Crippen LogP contribution in [0.3, 0.4) is 0 Å². The van der Waals surface area contributed by atoms with Gasteiger partial charge in [0.15, 0.2) is 11.6 Å². The molecule has 1 amide bonds. The maximum absolute atomic E-state index is 14.0. The molecule has 2 heterocycles. The molecule has 4 N–H and O–H groups in total. The van der Waals surface area contributed by atoms with E-state index in [9.17, 15) is 9.18 Å². The number of aromatic nitrogens is 1. The van der Waals surface area contributed by atoms with Crippen molar-refractivity contribution in [3.8, 4) is 5.75 Å².